The molecule has 1 atom stereocenters. The van der Waals surface area contributed by atoms with E-state index >= 15 is 0 Å². The van der Waals surface area contributed by atoms with Crippen LogP contribution in [-0.4, -0.2) is 53.2 Å². The second kappa shape index (κ2) is 7.05. The number of nitrogens with zero attached hydrogens (tertiary/aromatic N) is 2. The van der Waals surface area contributed by atoms with E-state index in [0.29, 0.717) is 26.1 Å². The van der Waals surface area contributed by atoms with E-state index in [4.69, 9.17) is 9.47 Å². The first-order valence-electron chi connectivity index (χ1n) is 8.10. The van der Waals surface area contributed by atoms with Crippen LogP contribution in [0, 0.1) is 6.92 Å². The Morgan fingerprint density at radius 3 is 2.83 bits per heavy atom. The molecule has 3 rings (SSSR count). The summed E-state index contributed by atoms with van der Waals surface area (Å²) in [5.41, 5.74) is 1.57. The van der Waals surface area contributed by atoms with Gasteiger partial charge in [-0.2, -0.15) is 0 Å². The van der Waals surface area contributed by atoms with Crippen molar-refractivity contribution in [1.29, 1.82) is 0 Å². The van der Waals surface area contributed by atoms with Crippen LogP contribution in [-0.2, 0) is 16.0 Å². The van der Waals surface area contributed by atoms with Gasteiger partial charge in [0.2, 0.25) is 5.91 Å². The third-order valence-corrected chi connectivity index (χ3v) is 4.52. The molecule has 1 amide bonds. The average Bonchev–Trinajstić information content (AvgIpc) is 3.24. The first-order chi connectivity index (χ1) is 11.6. The number of H-pyrrole nitrogens is 1. The van der Waals surface area contributed by atoms with Gasteiger partial charge in [0, 0.05) is 25.5 Å². The van der Waals surface area contributed by atoms with Gasteiger partial charge in [0.15, 0.2) is 0 Å². The van der Waals surface area contributed by atoms with Gasteiger partial charge in [0.1, 0.15) is 18.0 Å². The van der Waals surface area contributed by atoms with E-state index in [0.717, 1.165) is 17.9 Å². The smallest absolute Gasteiger partial charge is 0.228 e. The van der Waals surface area contributed by atoms with Crippen molar-refractivity contribution in [2.45, 2.75) is 25.4 Å². The van der Waals surface area contributed by atoms with Gasteiger partial charge in [-0.15, -0.1) is 0 Å². The van der Waals surface area contributed by atoms with Crippen molar-refractivity contribution >= 4 is 5.91 Å². The third kappa shape index (κ3) is 3.76. The number of rotatable bonds is 6. The molecular formula is C18H23N3O3. The number of amides is 1. The average molecular weight is 329 g/mol. The summed E-state index contributed by atoms with van der Waals surface area (Å²) in [6.07, 6.45) is 4.36. The molecule has 0 bridgehead atoms. The second-order valence-electron chi connectivity index (χ2n) is 6.31. The minimum Gasteiger partial charge on any atom is -0.491 e. The molecule has 0 radical (unpaired) electrons. The summed E-state index contributed by atoms with van der Waals surface area (Å²) in [6.45, 7) is 3.70. The van der Waals surface area contributed by atoms with Crippen LogP contribution < -0.4 is 4.74 Å². The fraction of sp³-hybridized carbons (Fsp3) is 0.444. The molecule has 6 nitrogen and oxygen atoms in total. The number of methoxy groups -OCH3 is 1. The number of likely N-dealkylation sites (tertiary alicyclic amines) is 1. The normalized spacial score (nSPS) is 20.3. The van der Waals surface area contributed by atoms with Gasteiger partial charge in [0.05, 0.1) is 19.3 Å². The molecule has 128 valence electrons. The number of aryl methyl sites for hydroxylation is 1. The molecule has 1 aromatic heterocycles. The van der Waals surface area contributed by atoms with Crippen LogP contribution in [0.25, 0.3) is 0 Å². The number of hydrogen-bond acceptors (Lipinski definition) is 4. The van der Waals surface area contributed by atoms with Crippen molar-refractivity contribution in [1.82, 2.24) is 14.9 Å². The van der Waals surface area contributed by atoms with E-state index < -0.39 is 5.60 Å². The quantitative estimate of drug-likeness (QED) is 0.880. The molecule has 1 aromatic carbocycles. The van der Waals surface area contributed by atoms with Crippen molar-refractivity contribution in [3.05, 3.63) is 48.0 Å². The van der Waals surface area contributed by atoms with Gasteiger partial charge < -0.3 is 19.4 Å². The minimum atomic E-state index is -0.450. The molecular weight excluding hydrogens is 306 g/mol. The first kappa shape index (κ1) is 16.5. The zero-order valence-corrected chi connectivity index (χ0v) is 14.1. The van der Waals surface area contributed by atoms with Gasteiger partial charge in [-0.3, -0.25) is 4.79 Å². The van der Waals surface area contributed by atoms with E-state index in [2.05, 4.69) is 9.97 Å². The van der Waals surface area contributed by atoms with Crippen LogP contribution >= 0.6 is 0 Å². The summed E-state index contributed by atoms with van der Waals surface area (Å²) in [4.78, 5) is 21.2. The summed E-state index contributed by atoms with van der Waals surface area (Å²) in [5.74, 6) is 0.896. The number of aromatic nitrogens is 2. The van der Waals surface area contributed by atoms with Crippen molar-refractivity contribution in [2.75, 3.05) is 26.8 Å². The third-order valence-electron chi connectivity index (χ3n) is 4.52. The van der Waals surface area contributed by atoms with Gasteiger partial charge >= 0.3 is 0 Å². The number of carbonyl (C=O) groups excluding carboxylic acids is 1. The summed E-state index contributed by atoms with van der Waals surface area (Å²) >= 11 is 0. The molecule has 24 heavy (non-hydrogen) atoms. The highest BCUT2D eigenvalue weighted by atomic mass is 16.5. The minimum absolute atomic E-state index is 0.0773. The summed E-state index contributed by atoms with van der Waals surface area (Å²) in [5, 5.41) is 0. The molecule has 2 aromatic rings. The molecule has 0 aliphatic carbocycles. The molecule has 2 heterocycles. The predicted octanol–water partition coefficient (Wildman–Crippen LogP) is 1.96. The van der Waals surface area contributed by atoms with Crippen LogP contribution in [0.15, 0.2) is 36.8 Å². The fourth-order valence-corrected chi connectivity index (χ4v) is 2.91. The molecule has 6 heteroatoms. The maximum absolute atomic E-state index is 12.4. The lowest BCUT2D eigenvalue weighted by atomic mass is 10.0. The van der Waals surface area contributed by atoms with Crippen LogP contribution in [0.1, 0.15) is 17.7 Å². The lowest BCUT2D eigenvalue weighted by Gasteiger charge is -2.28. The monoisotopic (exact) mass is 329 g/mol. The maximum Gasteiger partial charge on any atom is 0.228 e. The van der Waals surface area contributed by atoms with Crippen molar-refractivity contribution in [3.63, 3.8) is 0 Å². The van der Waals surface area contributed by atoms with Crippen LogP contribution in [0.4, 0.5) is 0 Å². The SMILES string of the molecule is CO[C@@]1(COc2ccc(C)cc2)CCN(C(=O)Cc2cnc[nH]2)C1. The van der Waals surface area contributed by atoms with E-state index in [1.54, 1.807) is 19.6 Å². The highest BCUT2D eigenvalue weighted by molar-refractivity contribution is 5.78. The predicted molar refractivity (Wildman–Crippen MR) is 89.9 cm³/mol. The standard InChI is InChI=1S/C18H23N3O3/c1-14-3-5-16(6-4-14)24-12-18(23-2)7-8-21(11-18)17(22)9-15-10-19-13-20-15/h3-6,10,13H,7-9,11-12H2,1-2H3,(H,19,20)/t18-/m0/s1. The lowest BCUT2D eigenvalue weighted by molar-refractivity contribution is -0.131. The number of hydrogen-bond donors (Lipinski definition) is 1. The Labute approximate surface area is 141 Å². The van der Waals surface area contributed by atoms with E-state index in [1.165, 1.54) is 5.56 Å². The maximum atomic E-state index is 12.4. The molecule has 0 saturated carbocycles. The Morgan fingerprint density at radius 2 is 2.17 bits per heavy atom. The second-order valence-corrected chi connectivity index (χ2v) is 6.31. The fourth-order valence-electron chi connectivity index (χ4n) is 2.91. The Kier molecular flexibility index (Phi) is 4.85. The zero-order chi connectivity index (χ0) is 17.0. The lowest BCUT2D eigenvalue weighted by Crippen LogP contribution is -2.42. The molecule has 1 aliphatic rings. The number of ether oxygens (including phenoxy) is 2. The number of aromatic amines is 1. The molecule has 1 N–H and O–H groups in total. The van der Waals surface area contributed by atoms with Gasteiger partial charge in [0.25, 0.3) is 0 Å². The topological polar surface area (TPSA) is 67.5 Å². The van der Waals surface area contributed by atoms with Crippen LogP contribution in [0.2, 0.25) is 0 Å². The van der Waals surface area contributed by atoms with Gasteiger partial charge in [-0.1, -0.05) is 17.7 Å². The highest BCUT2D eigenvalue weighted by Crippen LogP contribution is 2.27. The molecule has 1 fully saturated rings. The van der Waals surface area contributed by atoms with Gasteiger partial charge in [-0.25, -0.2) is 4.98 Å². The van der Waals surface area contributed by atoms with Crippen molar-refractivity contribution in [2.24, 2.45) is 0 Å². The largest absolute Gasteiger partial charge is 0.491 e. The number of carbonyl (C=O) groups is 1. The zero-order valence-electron chi connectivity index (χ0n) is 14.1. The molecule has 0 spiro atoms. The summed E-state index contributed by atoms with van der Waals surface area (Å²) < 4.78 is 11.6. The Hall–Kier alpha value is -2.34. The Bertz CT molecular complexity index is 669. The molecule has 0 unspecified atom stereocenters. The van der Waals surface area contributed by atoms with E-state index in [1.807, 2.05) is 36.1 Å². The summed E-state index contributed by atoms with van der Waals surface area (Å²) in [6, 6.07) is 7.94. The van der Waals surface area contributed by atoms with Crippen LogP contribution in [0.5, 0.6) is 5.75 Å². The number of imidazole rings is 1. The van der Waals surface area contributed by atoms with E-state index in [9.17, 15) is 4.79 Å². The number of benzene rings is 1. The van der Waals surface area contributed by atoms with Crippen LogP contribution in [0.3, 0.4) is 0 Å². The van der Waals surface area contributed by atoms with Gasteiger partial charge in [-0.05, 0) is 25.5 Å². The first-order valence-corrected chi connectivity index (χ1v) is 8.10. The van der Waals surface area contributed by atoms with Crippen molar-refractivity contribution in [3.8, 4) is 5.75 Å². The molecule has 1 saturated heterocycles. The molecule has 1 aliphatic heterocycles. The summed E-state index contributed by atoms with van der Waals surface area (Å²) in [7, 11) is 1.68. The Morgan fingerprint density at radius 1 is 1.38 bits per heavy atom. The Balaban J connectivity index is 1.57. The van der Waals surface area contributed by atoms with E-state index in [-0.39, 0.29) is 5.91 Å². The number of nitrogens with one attached hydrogen (secondary N) is 1. The van der Waals surface area contributed by atoms with Crippen molar-refractivity contribution < 1.29 is 14.3 Å². The highest BCUT2D eigenvalue weighted by Gasteiger charge is 2.41.